The summed E-state index contributed by atoms with van der Waals surface area (Å²) in [6.07, 6.45) is 0.947. The predicted octanol–water partition coefficient (Wildman–Crippen LogP) is 3.24. The molecule has 0 saturated heterocycles. The third kappa shape index (κ3) is 2.49. The van der Waals surface area contributed by atoms with Gasteiger partial charge in [0.15, 0.2) is 0 Å². The second-order valence-electron chi connectivity index (χ2n) is 5.24. The number of benzene rings is 1. The van der Waals surface area contributed by atoms with Gasteiger partial charge in [-0.1, -0.05) is 29.8 Å². The largest absolute Gasteiger partial charge is 0.480 e. The molecule has 1 unspecified atom stereocenters. The number of fused-ring (bicyclic) bond motifs is 1. The summed E-state index contributed by atoms with van der Waals surface area (Å²) < 4.78 is 0. The zero-order valence-electron chi connectivity index (χ0n) is 11.4. The molecule has 1 aromatic heterocycles. The molecule has 0 fully saturated rings. The lowest BCUT2D eigenvalue weighted by Crippen LogP contribution is -2.37. The normalized spacial score (nSPS) is 16.6. The van der Waals surface area contributed by atoms with Crippen LogP contribution >= 0.6 is 11.3 Å². The van der Waals surface area contributed by atoms with Crippen molar-refractivity contribution in [1.82, 2.24) is 4.90 Å². The van der Waals surface area contributed by atoms with Crippen LogP contribution in [0.5, 0.6) is 0 Å². The molecule has 3 nitrogen and oxygen atoms in total. The molecule has 1 atom stereocenters. The maximum Gasteiger partial charge on any atom is 0.325 e. The van der Waals surface area contributed by atoms with Crippen LogP contribution in [0.4, 0.5) is 0 Å². The number of rotatable bonds is 3. The minimum absolute atomic E-state index is 0.552. The predicted molar refractivity (Wildman–Crippen MR) is 80.0 cm³/mol. The zero-order chi connectivity index (χ0) is 14.1. The molecule has 2 heterocycles. The molecule has 2 aromatic rings. The second-order valence-corrected chi connectivity index (χ2v) is 6.24. The van der Waals surface area contributed by atoms with Crippen LogP contribution in [-0.4, -0.2) is 22.5 Å². The zero-order valence-corrected chi connectivity index (χ0v) is 12.2. The molecule has 0 radical (unpaired) electrons. The van der Waals surface area contributed by atoms with Crippen molar-refractivity contribution >= 4 is 17.3 Å². The number of carboxylic acid groups (broad SMARTS) is 1. The lowest BCUT2D eigenvalue weighted by atomic mass is 10.0. The van der Waals surface area contributed by atoms with Crippen molar-refractivity contribution in [2.75, 3.05) is 6.54 Å². The number of aliphatic carboxylic acids is 1. The minimum atomic E-state index is -0.771. The third-order valence-electron chi connectivity index (χ3n) is 3.83. The molecule has 0 bridgehead atoms. The summed E-state index contributed by atoms with van der Waals surface area (Å²) in [6.45, 7) is 3.54. The molecule has 1 aromatic carbocycles. The van der Waals surface area contributed by atoms with Gasteiger partial charge in [0.05, 0.1) is 0 Å². The Morgan fingerprint density at radius 1 is 1.30 bits per heavy atom. The SMILES string of the molecule is Cc1ccc(C(C(=O)O)N2CCc3sccc3C2)cc1. The van der Waals surface area contributed by atoms with E-state index in [-0.39, 0.29) is 0 Å². The maximum absolute atomic E-state index is 11.7. The monoisotopic (exact) mass is 287 g/mol. The quantitative estimate of drug-likeness (QED) is 0.942. The number of hydrogen-bond donors (Lipinski definition) is 1. The first kappa shape index (κ1) is 13.3. The van der Waals surface area contributed by atoms with E-state index in [4.69, 9.17) is 0 Å². The van der Waals surface area contributed by atoms with E-state index in [9.17, 15) is 9.90 Å². The number of carboxylic acids is 1. The van der Waals surface area contributed by atoms with Crippen molar-refractivity contribution in [3.63, 3.8) is 0 Å². The van der Waals surface area contributed by atoms with E-state index < -0.39 is 12.0 Å². The molecule has 0 aliphatic carbocycles. The van der Waals surface area contributed by atoms with Crippen LogP contribution in [-0.2, 0) is 17.8 Å². The van der Waals surface area contributed by atoms with E-state index in [1.165, 1.54) is 10.4 Å². The average Bonchev–Trinajstić information content (AvgIpc) is 2.88. The standard InChI is InChI=1S/C16H17NO2S/c1-11-2-4-12(5-3-11)15(16(18)19)17-8-6-14-13(10-17)7-9-20-14/h2-5,7,9,15H,6,8,10H2,1H3,(H,18,19). The highest BCUT2D eigenvalue weighted by Crippen LogP contribution is 2.30. The van der Waals surface area contributed by atoms with E-state index >= 15 is 0 Å². The lowest BCUT2D eigenvalue weighted by Gasteiger charge is -2.32. The van der Waals surface area contributed by atoms with Gasteiger partial charge in [0, 0.05) is 18.0 Å². The Bertz CT molecular complexity index is 618. The van der Waals surface area contributed by atoms with E-state index in [1.54, 1.807) is 11.3 Å². The summed E-state index contributed by atoms with van der Waals surface area (Å²) in [6, 6.07) is 9.37. The molecule has 20 heavy (non-hydrogen) atoms. The minimum Gasteiger partial charge on any atom is -0.480 e. The van der Waals surface area contributed by atoms with Crippen molar-refractivity contribution in [1.29, 1.82) is 0 Å². The van der Waals surface area contributed by atoms with Crippen molar-refractivity contribution in [3.8, 4) is 0 Å². The van der Waals surface area contributed by atoms with Crippen molar-refractivity contribution in [2.45, 2.75) is 25.9 Å². The van der Waals surface area contributed by atoms with Crippen LogP contribution in [0.25, 0.3) is 0 Å². The van der Waals surface area contributed by atoms with E-state index in [2.05, 4.69) is 16.3 Å². The fourth-order valence-corrected chi connectivity index (χ4v) is 3.64. The lowest BCUT2D eigenvalue weighted by molar-refractivity contribution is -0.144. The summed E-state index contributed by atoms with van der Waals surface area (Å²) in [5.74, 6) is -0.771. The van der Waals surface area contributed by atoms with Gasteiger partial charge < -0.3 is 5.11 Å². The van der Waals surface area contributed by atoms with Crippen molar-refractivity contribution in [2.24, 2.45) is 0 Å². The van der Waals surface area contributed by atoms with Gasteiger partial charge in [0.1, 0.15) is 6.04 Å². The van der Waals surface area contributed by atoms with Gasteiger partial charge >= 0.3 is 5.97 Å². The number of carbonyl (C=O) groups is 1. The van der Waals surface area contributed by atoms with Crippen LogP contribution in [0, 0.1) is 6.92 Å². The van der Waals surface area contributed by atoms with Gasteiger partial charge in [-0.3, -0.25) is 9.69 Å². The topological polar surface area (TPSA) is 40.5 Å². The van der Waals surface area contributed by atoms with Gasteiger partial charge in [-0.2, -0.15) is 0 Å². The second kappa shape index (κ2) is 5.38. The molecule has 1 N–H and O–H groups in total. The molecule has 1 aliphatic rings. The third-order valence-corrected chi connectivity index (χ3v) is 4.85. The number of nitrogens with zero attached hydrogens (tertiary/aromatic N) is 1. The Hall–Kier alpha value is -1.65. The summed E-state index contributed by atoms with van der Waals surface area (Å²) in [5.41, 5.74) is 3.29. The molecule has 0 spiro atoms. The summed E-state index contributed by atoms with van der Waals surface area (Å²) in [4.78, 5) is 15.2. The van der Waals surface area contributed by atoms with Crippen LogP contribution < -0.4 is 0 Å². The Morgan fingerprint density at radius 2 is 2.05 bits per heavy atom. The Balaban J connectivity index is 1.89. The first-order valence-corrected chi connectivity index (χ1v) is 7.62. The number of aryl methyl sites for hydroxylation is 1. The first-order valence-electron chi connectivity index (χ1n) is 6.74. The van der Waals surface area contributed by atoms with Gasteiger partial charge in [-0.15, -0.1) is 11.3 Å². The van der Waals surface area contributed by atoms with Crippen molar-refractivity contribution < 1.29 is 9.90 Å². The fourth-order valence-electron chi connectivity index (χ4n) is 2.75. The smallest absolute Gasteiger partial charge is 0.325 e. The van der Waals surface area contributed by atoms with Crippen LogP contribution in [0.2, 0.25) is 0 Å². The molecule has 104 valence electrons. The van der Waals surface area contributed by atoms with Crippen LogP contribution in [0.15, 0.2) is 35.7 Å². The molecule has 4 heteroatoms. The Labute approximate surface area is 122 Å². The Morgan fingerprint density at radius 3 is 2.75 bits per heavy atom. The molecule has 0 saturated carbocycles. The van der Waals surface area contributed by atoms with E-state index in [1.807, 2.05) is 31.2 Å². The number of hydrogen-bond acceptors (Lipinski definition) is 3. The summed E-state index contributed by atoms with van der Waals surface area (Å²) in [5, 5.41) is 11.7. The van der Waals surface area contributed by atoms with E-state index in [0.29, 0.717) is 0 Å². The van der Waals surface area contributed by atoms with Crippen molar-refractivity contribution in [3.05, 3.63) is 57.3 Å². The molecule has 0 amide bonds. The van der Waals surface area contributed by atoms with Crippen LogP contribution in [0.1, 0.15) is 27.6 Å². The summed E-state index contributed by atoms with van der Waals surface area (Å²) in [7, 11) is 0. The highest BCUT2D eigenvalue weighted by Gasteiger charge is 2.30. The van der Waals surface area contributed by atoms with Crippen LogP contribution in [0.3, 0.4) is 0 Å². The highest BCUT2D eigenvalue weighted by molar-refractivity contribution is 7.10. The van der Waals surface area contributed by atoms with E-state index in [0.717, 1.165) is 30.6 Å². The number of thiophene rings is 1. The molecule has 1 aliphatic heterocycles. The fraction of sp³-hybridized carbons (Fsp3) is 0.312. The Kier molecular flexibility index (Phi) is 3.59. The highest BCUT2D eigenvalue weighted by atomic mass is 32.1. The molecular formula is C16H17NO2S. The molecule has 3 rings (SSSR count). The van der Waals surface area contributed by atoms with Gasteiger partial charge in [0.25, 0.3) is 0 Å². The summed E-state index contributed by atoms with van der Waals surface area (Å²) >= 11 is 1.77. The van der Waals surface area contributed by atoms with Gasteiger partial charge in [0.2, 0.25) is 0 Å². The van der Waals surface area contributed by atoms with Gasteiger partial charge in [-0.25, -0.2) is 0 Å². The van der Waals surface area contributed by atoms with Gasteiger partial charge in [-0.05, 0) is 35.9 Å². The first-order chi connectivity index (χ1) is 9.65. The molecular weight excluding hydrogens is 270 g/mol. The average molecular weight is 287 g/mol. The maximum atomic E-state index is 11.7.